The van der Waals surface area contributed by atoms with Crippen molar-refractivity contribution in [1.82, 2.24) is 4.98 Å². The van der Waals surface area contributed by atoms with Crippen molar-refractivity contribution in [3.8, 4) is 0 Å². The van der Waals surface area contributed by atoms with Crippen LogP contribution in [0.25, 0.3) is 0 Å². The summed E-state index contributed by atoms with van der Waals surface area (Å²) in [7, 11) is 0. The SMILES string of the molecule is O=C(CCc1cccc(Br)c1)Nc1cnccc1CO. The molecule has 2 N–H and O–H groups in total. The molecular formula is C15H15BrN2O2. The maximum absolute atomic E-state index is 11.9. The number of rotatable bonds is 5. The van der Waals surface area contributed by atoms with Crippen molar-refractivity contribution in [1.29, 1.82) is 0 Å². The molecule has 1 heterocycles. The summed E-state index contributed by atoms with van der Waals surface area (Å²) in [5.41, 5.74) is 2.33. The van der Waals surface area contributed by atoms with Gasteiger partial charge in [-0.1, -0.05) is 28.1 Å². The second kappa shape index (κ2) is 7.17. The fourth-order valence-electron chi connectivity index (χ4n) is 1.84. The first-order valence-corrected chi connectivity index (χ1v) is 7.06. The minimum atomic E-state index is -0.121. The van der Waals surface area contributed by atoms with Gasteiger partial charge in [0.15, 0.2) is 0 Å². The van der Waals surface area contributed by atoms with Gasteiger partial charge in [0.1, 0.15) is 0 Å². The first-order valence-electron chi connectivity index (χ1n) is 6.27. The summed E-state index contributed by atoms with van der Waals surface area (Å²) in [4.78, 5) is 15.9. The fraction of sp³-hybridized carbons (Fsp3) is 0.200. The van der Waals surface area contributed by atoms with Crippen molar-refractivity contribution in [2.75, 3.05) is 5.32 Å². The van der Waals surface area contributed by atoms with E-state index in [0.717, 1.165) is 10.0 Å². The molecule has 1 aromatic carbocycles. The molecule has 1 aromatic heterocycles. The van der Waals surface area contributed by atoms with Crippen molar-refractivity contribution in [2.24, 2.45) is 0 Å². The summed E-state index contributed by atoms with van der Waals surface area (Å²) in [5.74, 6) is -0.0901. The van der Waals surface area contributed by atoms with Gasteiger partial charge in [-0.2, -0.15) is 0 Å². The zero-order valence-electron chi connectivity index (χ0n) is 10.8. The van der Waals surface area contributed by atoms with Gasteiger partial charge >= 0.3 is 0 Å². The largest absolute Gasteiger partial charge is 0.392 e. The van der Waals surface area contributed by atoms with Gasteiger partial charge in [0.25, 0.3) is 0 Å². The zero-order valence-corrected chi connectivity index (χ0v) is 12.4. The van der Waals surface area contributed by atoms with Gasteiger partial charge < -0.3 is 10.4 Å². The lowest BCUT2D eigenvalue weighted by Gasteiger charge is -2.08. The van der Waals surface area contributed by atoms with E-state index >= 15 is 0 Å². The Balaban J connectivity index is 1.93. The number of aromatic nitrogens is 1. The third kappa shape index (κ3) is 4.15. The molecule has 0 bridgehead atoms. The number of aliphatic hydroxyl groups is 1. The van der Waals surface area contributed by atoms with Crippen LogP contribution in [0.4, 0.5) is 5.69 Å². The van der Waals surface area contributed by atoms with Gasteiger partial charge in [-0.05, 0) is 30.2 Å². The van der Waals surface area contributed by atoms with Crippen LogP contribution in [0.3, 0.4) is 0 Å². The molecule has 0 aliphatic carbocycles. The molecule has 0 saturated carbocycles. The van der Waals surface area contributed by atoms with Gasteiger partial charge in [0.05, 0.1) is 18.5 Å². The van der Waals surface area contributed by atoms with Gasteiger partial charge in [-0.3, -0.25) is 9.78 Å². The molecule has 0 spiro atoms. The molecule has 0 atom stereocenters. The monoisotopic (exact) mass is 334 g/mol. The minimum absolute atomic E-state index is 0.0901. The molecule has 104 valence electrons. The molecule has 0 aliphatic heterocycles. The molecule has 0 saturated heterocycles. The number of carbonyl (C=O) groups is 1. The number of nitrogens with one attached hydrogen (secondary N) is 1. The summed E-state index contributed by atoms with van der Waals surface area (Å²) in [6, 6.07) is 9.57. The van der Waals surface area contributed by atoms with E-state index in [1.165, 1.54) is 0 Å². The van der Waals surface area contributed by atoms with Crippen molar-refractivity contribution in [3.05, 3.63) is 58.3 Å². The van der Waals surface area contributed by atoms with Crippen molar-refractivity contribution < 1.29 is 9.90 Å². The van der Waals surface area contributed by atoms with Crippen LogP contribution in [0, 0.1) is 0 Å². The summed E-state index contributed by atoms with van der Waals surface area (Å²) >= 11 is 3.41. The lowest BCUT2D eigenvalue weighted by molar-refractivity contribution is -0.116. The first kappa shape index (κ1) is 14.7. The van der Waals surface area contributed by atoms with E-state index in [2.05, 4.69) is 26.2 Å². The number of nitrogens with zero attached hydrogens (tertiary/aromatic N) is 1. The van der Waals surface area contributed by atoms with Crippen LogP contribution in [0.15, 0.2) is 47.2 Å². The molecule has 0 radical (unpaired) electrons. The van der Waals surface area contributed by atoms with Crippen molar-refractivity contribution in [2.45, 2.75) is 19.4 Å². The Hall–Kier alpha value is -1.72. The quantitative estimate of drug-likeness (QED) is 0.883. The Kier molecular flexibility index (Phi) is 5.26. The molecule has 1 amide bonds. The third-order valence-corrected chi connectivity index (χ3v) is 3.38. The highest BCUT2D eigenvalue weighted by Crippen LogP contribution is 2.15. The van der Waals surface area contributed by atoms with E-state index in [1.807, 2.05) is 24.3 Å². The Bertz CT molecular complexity index is 602. The highest BCUT2D eigenvalue weighted by atomic mass is 79.9. The number of carbonyl (C=O) groups excluding carboxylic acids is 1. The molecule has 5 heteroatoms. The Labute approximate surface area is 126 Å². The Morgan fingerprint density at radius 1 is 1.35 bits per heavy atom. The lowest BCUT2D eigenvalue weighted by Crippen LogP contribution is -2.14. The van der Waals surface area contributed by atoms with E-state index in [4.69, 9.17) is 0 Å². The van der Waals surface area contributed by atoms with Crippen LogP contribution in [0.1, 0.15) is 17.5 Å². The number of pyridine rings is 1. The van der Waals surface area contributed by atoms with Crippen molar-refractivity contribution >= 4 is 27.5 Å². The predicted molar refractivity (Wildman–Crippen MR) is 81.3 cm³/mol. The number of aliphatic hydroxyl groups excluding tert-OH is 1. The zero-order chi connectivity index (χ0) is 14.4. The Morgan fingerprint density at radius 2 is 2.20 bits per heavy atom. The highest BCUT2D eigenvalue weighted by Gasteiger charge is 2.07. The lowest BCUT2D eigenvalue weighted by atomic mass is 10.1. The van der Waals surface area contributed by atoms with Gasteiger partial charge in [-0.15, -0.1) is 0 Å². The molecule has 0 aliphatic rings. The number of hydrogen-bond acceptors (Lipinski definition) is 3. The van der Waals surface area contributed by atoms with Crippen LogP contribution < -0.4 is 5.32 Å². The van der Waals surface area contributed by atoms with Crippen LogP contribution in [-0.2, 0) is 17.8 Å². The number of hydrogen-bond donors (Lipinski definition) is 2. The smallest absolute Gasteiger partial charge is 0.224 e. The summed E-state index contributed by atoms with van der Waals surface area (Å²) < 4.78 is 1.00. The molecular weight excluding hydrogens is 320 g/mol. The molecule has 0 fully saturated rings. The maximum atomic E-state index is 11.9. The Morgan fingerprint density at radius 3 is 2.95 bits per heavy atom. The average Bonchev–Trinajstić information content (AvgIpc) is 2.46. The maximum Gasteiger partial charge on any atom is 0.224 e. The standard InChI is InChI=1S/C15H15BrN2O2/c16-13-3-1-2-11(8-13)4-5-15(20)18-14-9-17-7-6-12(14)10-19/h1-3,6-9,19H,4-5,10H2,(H,18,20). The van der Waals surface area contributed by atoms with Crippen LogP contribution >= 0.6 is 15.9 Å². The molecule has 20 heavy (non-hydrogen) atoms. The van der Waals surface area contributed by atoms with E-state index < -0.39 is 0 Å². The molecule has 2 rings (SSSR count). The van der Waals surface area contributed by atoms with Crippen LogP contribution in [-0.4, -0.2) is 16.0 Å². The topological polar surface area (TPSA) is 62.2 Å². The van der Waals surface area contributed by atoms with E-state index in [9.17, 15) is 9.90 Å². The van der Waals surface area contributed by atoms with Gasteiger partial charge in [0.2, 0.25) is 5.91 Å². The summed E-state index contributed by atoms with van der Waals surface area (Å²) in [6.07, 6.45) is 4.18. The minimum Gasteiger partial charge on any atom is -0.392 e. The second-order valence-corrected chi connectivity index (χ2v) is 5.28. The van der Waals surface area contributed by atoms with Gasteiger partial charge in [0, 0.05) is 22.7 Å². The normalized spacial score (nSPS) is 10.3. The first-order chi connectivity index (χ1) is 9.69. The van der Waals surface area contributed by atoms with Gasteiger partial charge in [-0.25, -0.2) is 0 Å². The van der Waals surface area contributed by atoms with E-state index in [-0.39, 0.29) is 12.5 Å². The number of halogens is 1. The highest BCUT2D eigenvalue weighted by molar-refractivity contribution is 9.10. The number of aryl methyl sites for hydroxylation is 1. The number of amides is 1. The molecule has 4 nitrogen and oxygen atoms in total. The second-order valence-electron chi connectivity index (χ2n) is 4.37. The number of benzene rings is 1. The molecule has 2 aromatic rings. The van der Waals surface area contributed by atoms with E-state index in [0.29, 0.717) is 24.1 Å². The molecule has 0 unspecified atom stereocenters. The predicted octanol–water partition coefficient (Wildman–Crippen LogP) is 2.91. The van der Waals surface area contributed by atoms with E-state index in [1.54, 1.807) is 18.5 Å². The van der Waals surface area contributed by atoms with Crippen molar-refractivity contribution in [3.63, 3.8) is 0 Å². The summed E-state index contributed by atoms with van der Waals surface area (Å²) in [5, 5.41) is 12.0. The third-order valence-electron chi connectivity index (χ3n) is 2.89. The van der Waals surface area contributed by atoms with Crippen LogP contribution in [0.5, 0.6) is 0 Å². The fourth-order valence-corrected chi connectivity index (χ4v) is 2.28. The number of anilines is 1. The average molecular weight is 335 g/mol. The summed E-state index contributed by atoms with van der Waals surface area (Å²) in [6.45, 7) is -0.121. The van der Waals surface area contributed by atoms with Crippen LogP contribution in [0.2, 0.25) is 0 Å².